The van der Waals surface area contributed by atoms with Crippen molar-refractivity contribution in [3.63, 3.8) is 0 Å². The largest absolute Gasteiger partial charge is 0.381 e. The number of aromatic nitrogens is 2. The maximum atomic E-state index is 5.56. The van der Waals surface area contributed by atoms with Crippen LogP contribution in [0.25, 0.3) is 0 Å². The molecule has 118 valence electrons. The van der Waals surface area contributed by atoms with Gasteiger partial charge in [0.2, 0.25) is 0 Å². The van der Waals surface area contributed by atoms with E-state index >= 15 is 0 Å². The summed E-state index contributed by atoms with van der Waals surface area (Å²) in [6.07, 6.45) is 4.03. The predicted octanol–water partition coefficient (Wildman–Crippen LogP) is 2.25. The van der Waals surface area contributed by atoms with E-state index in [-0.39, 0.29) is 5.41 Å². The number of nitrogens with one attached hydrogen (secondary N) is 2. The van der Waals surface area contributed by atoms with Crippen LogP contribution in [0, 0.1) is 12.3 Å². The van der Waals surface area contributed by atoms with Gasteiger partial charge in [-0.25, -0.2) is 15.8 Å². The Morgan fingerprint density at radius 2 is 1.90 bits per heavy atom. The van der Waals surface area contributed by atoms with Crippen molar-refractivity contribution in [2.45, 2.75) is 46.5 Å². The minimum Gasteiger partial charge on any atom is -0.381 e. The second-order valence-corrected chi connectivity index (χ2v) is 6.13. The molecule has 0 unspecified atom stereocenters. The van der Waals surface area contributed by atoms with Gasteiger partial charge in [-0.15, -0.1) is 0 Å². The number of nitrogens with zero attached hydrogens (tertiary/aromatic N) is 2. The molecule has 0 aromatic carbocycles. The van der Waals surface area contributed by atoms with Crippen LogP contribution in [-0.2, 0) is 11.2 Å². The number of rotatable bonds is 6. The van der Waals surface area contributed by atoms with E-state index in [0.717, 1.165) is 62.6 Å². The molecule has 0 amide bonds. The summed E-state index contributed by atoms with van der Waals surface area (Å²) in [5.74, 6) is 7.98. The number of hydrogen-bond acceptors (Lipinski definition) is 6. The Kier molecular flexibility index (Phi) is 5.36. The molecule has 1 aromatic rings. The molecule has 1 fully saturated rings. The third-order valence-corrected chi connectivity index (χ3v) is 4.18. The zero-order valence-electron chi connectivity index (χ0n) is 13.3. The van der Waals surface area contributed by atoms with Crippen molar-refractivity contribution in [1.29, 1.82) is 0 Å². The Morgan fingerprint density at radius 3 is 2.52 bits per heavy atom. The second-order valence-electron chi connectivity index (χ2n) is 6.13. The summed E-state index contributed by atoms with van der Waals surface area (Å²) in [5, 5.41) is 3.49. The van der Waals surface area contributed by atoms with Gasteiger partial charge in [0.25, 0.3) is 0 Å². The summed E-state index contributed by atoms with van der Waals surface area (Å²) in [5.41, 5.74) is 3.90. The third-order valence-electron chi connectivity index (χ3n) is 4.18. The number of ether oxygens (including phenoxy) is 1. The van der Waals surface area contributed by atoms with Crippen molar-refractivity contribution in [3.8, 4) is 0 Å². The molecule has 6 heteroatoms. The molecule has 21 heavy (non-hydrogen) atoms. The Labute approximate surface area is 126 Å². The lowest BCUT2D eigenvalue weighted by molar-refractivity contribution is 0.0299. The Morgan fingerprint density at radius 1 is 1.24 bits per heavy atom. The molecule has 4 N–H and O–H groups in total. The molecule has 0 aliphatic carbocycles. The van der Waals surface area contributed by atoms with Gasteiger partial charge < -0.3 is 15.5 Å². The highest BCUT2D eigenvalue weighted by Gasteiger charge is 2.27. The van der Waals surface area contributed by atoms with Crippen molar-refractivity contribution in [2.75, 3.05) is 30.5 Å². The van der Waals surface area contributed by atoms with Crippen LogP contribution in [0.2, 0.25) is 0 Å². The summed E-state index contributed by atoms with van der Waals surface area (Å²) in [6, 6.07) is 0. The second kappa shape index (κ2) is 7.04. The van der Waals surface area contributed by atoms with Crippen LogP contribution in [0.4, 0.5) is 11.6 Å². The van der Waals surface area contributed by atoms with Gasteiger partial charge in [-0.1, -0.05) is 13.8 Å². The number of anilines is 2. The van der Waals surface area contributed by atoms with E-state index < -0.39 is 0 Å². The molecule has 0 spiro atoms. The van der Waals surface area contributed by atoms with Gasteiger partial charge in [0, 0.05) is 31.7 Å². The van der Waals surface area contributed by atoms with E-state index in [2.05, 4.69) is 34.6 Å². The molecular formula is C15H27N5O. The van der Waals surface area contributed by atoms with Gasteiger partial charge in [-0.3, -0.25) is 0 Å². The van der Waals surface area contributed by atoms with Gasteiger partial charge in [-0.05, 0) is 31.6 Å². The average Bonchev–Trinajstić information content (AvgIpc) is 2.48. The van der Waals surface area contributed by atoms with Gasteiger partial charge >= 0.3 is 0 Å². The molecule has 1 saturated heterocycles. The Balaban J connectivity index is 2.12. The molecule has 1 aliphatic rings. The maximum absolute atomic E-state index is 5.56. The maximum Gasteiger partial charge on any atom is 0.148 e. The van der Waals surface area contributed by atoms with Crippen LogP contribution < -0.4 is 16.6 Å². The summed E-state index contributed by atoms with van der Waals surface area (Å²) >= 11 is 0. The highest BCUT2D eigenvalue weighted by atomic mass is 16.5. The van der Waals surface area contributed by atoms with Crippen molar-refractivity contribution >= 4 is 11.6 Å². The molecule has 0 radical (unpaired) electrons. The fourth-order valence-corrected chi connectivity index (χ4v) is 2.55. The molecule has 2 rings (SSSR count). The van der Waals surface area contributed by atoms with Crippen LogP contribution in [0.1, 0.15) is 44.5 Å². The van der Waals surface area contributed by atoms with Gasteiger partial charge in [0.1, 0.15) is 17.5 Å². The van der Waals surface area contributed by atoms with E-state index in [9.17, 15) is 0 Å². The fourth-order valence-electron chi connectivity index (χ4n) is 2.55. The normalized spacial score (nSPS) is 17.5. The SMILES string of the molecule is CCCc1nc(NN)c(C)c(NCC2(C)CCOCC2)n1. The fraction of sp³-hybridized carbons (Fsp3) is 0.733. The number of hydrazine groups is 1. The number of nitrogen functional groups attached to an aromatic ring is 1. The lowest BCUT2D eigenvalue weighted by atomic mass is 9.82. The molecular weight excluding hydrogens is 266 g/mol. The highest BCUT2D eigenvalue weighted by Crippen LogP contribution is 2.30. The first-order chi connectivity index (χ1) is 10.1. The molecule has 6 nitrogen and oxygen atoms in total. The molecule has 0 atom stereocenters. The summed E-state index contributed by atoms with van der Waals surface area (Å²) < 4.78 is 5.45. The van der Waals surface area contributed by atoms with Crippen LogP contribution in [0.15, 0.2) is 0 Å². The average molecular weight is 293 g/mol. The standard InChI is InChI=1S/C15H27N5O/c1-4-5-12-18-13(11(2)14(19-12)20-16)17-10-15(3)6-8-21-9-7-15/h4-10,16H2,1-3H3,(H2,17,18,19,20). The van der Waals surface area contributed by atoms with Crippen LogP contribution in [0.5, 0.6) is 0 Å². The van der Waals surface area contributed by atoms with E-state index in [4.69, 9.17) is 10.6 Å². The van der Waals surface area contributed by atoms with Gasteiger partial charge in [0.15, 0.2) is 0 Å². The monoisotopic (exact) mass is 293 g/mol. The van der Waals surface area contributed by atoms with Gasteiger partial charge in [-0.2, -0.15) is 0 Å². The summed E-state index contributed by atoms with van der Waals surface area (Å²) in [6.45, 7) is 8.99. The lowest BCUT2D eigenvalue weighted by Gasteiger charge is -2.34. The zero-order chi connectivity index (χ0) is 15.3. The first kappa shape index (κ1) is 16.0. The minimum atomic E-state index is 0.261. The predicted molar refractivity (Wildman–Crippen MR) is 85.2 cm³/mol. The molecule has 0 bridgehead atoms. The summed E-state index contributed by atoms with van der Waals surface area (Å²) in [7, 11) is 0. The molecule has 1 aliphatic heterocycles. The van der Waals surface area contributed by atoms with Crippen LogP contribution in [0.3, 0.4) is 0 Å². The number of aryl methyl sites for hydroxylation is 1. The van der Waals surface area contributed by atoms with Crippen LogP contribution >= 0.6 is 0 Å². The van der Waals surface area contributed by atoms with Crippen molar-refractivity contribution in [2.24, 2.45) is 11.3 Å². The number of hydrogen-bond donors (Lipinski definition) is 3. The third kappa shape index (κ3) is 4.04. The minimum absolute atomic E-state index is 0.261. The highest BCUT2D eigenvalue weighted by molar-refractivity contribution is 5.56. The van der Waals surface area contributed by atoms with E-state index in [1.807, 2.05) is 6.92 Å². The Bertz CT molecular complexity index is 471. The molecule has 0 saturated carbocycles. The van der Waals surface area contributed by atoms with E-state index in [1.165, 1.54) is 0 Å². The van der Waals surface area contributed by atoms with E-state index in [0.29, 0.717) is 5.82 Å². The number of nitrogens with two attached hydrogens (primary N) is 1. The summed E-state index contributed by atoms with van der Waals surface area (Å²) in [4.78, 5) is 9.08. The van der Waals surface area contributed by atoms with Crippen LogP contribution in [-0.4, -0.2) is 29.7 Å². The Hall–Kier alpha value is -1.40. The van der Waals surface area contributed by atoms with Crippen molar-refractivity contribution in [1.82, 2.24) is 9.97 Å². The van der Waals surface area contributed by atoms with Gasteiger partial charge in [0.05, 0.1) is 0 Å². The molecule has 1 aromatic heterocycles. The first-order valence-corrected chi connectivity index (χ1v) is 7.74. The topological polar surface area (TPSA) is 85.1 Å². The van der Waals surface area contributed by atoms with Crippen molar-refractivity contribution < 1.29 is 4.74 Å². The lowest BCUT2D eigenvalue weighted by Crippen LogP contribution is -2.33. The first-order valence-electron chi connectivity index (χ1n) is 7.74. The quantitative estimate of drug-likeness (QED) is 0.551. The smallest absolute Gasteiger partial charge is 0.148 e. The van der Waals surface area contributed by atoms with Crippen molar-refractivity contribution in [3.05, 3.63) is 11.4 Å². The van der Waals surface area contributed by atoms with E-state index in [1.54, 1.807) is 0 Å². The zero-order valence-corrected chi connectivity index (χ0v) is 13.3. The molecule has 2 heterocycles.